The van der Waals surface area contributed by atoms with E-state index < -0.39 is 12.0 Å². The Morgan fingerprint density at radius 1 is 1.09 bits per heavy atom. The topological polar surface area (TPSA) is 41.0 Å². The minimum Gasteiger partial charge on any atom is -0.334 e. The third-order valence-electron chi connectivity index (χ3n) is 3.05. The number of alkyl halides is 3. The molecule has 0 amide bonds. The molecule has 0 aliphatic carbocycles. The largest absolute Gasteiger partial charge is 0.449 e. The van der Waals surface area contributed by atoms with Crippen molar-refractivity contribution in [3.05, 3.63) is 57.8 Å². The number of hydrogen-bond acceptors (Lipinski definition) is 2. The molecule has 3 rings (SSSR count). The summed E-state index contributed by atoms with van der Waals surface area (Å²) in [5.41, 5.74) is 1.60. The Bertz CT molecular complexity index is 901. The van der Waals surface area contributed by atoms with Crippen molar-refractivity contribution in [1.29, 1.82) is 0 Å². The predicted octanol–water partition coefficient (Wildman–Crippen LogP) is 5.64. The normalized spacial score (nSPS) is 12.4. The fourth-order valence-corrected chi connectivity index (χ4v) is 2.42. The SMILES string of the molecule is FC(F)(F)c1nc2ccc(N=Cc3ccc(Cl)cc3Cl)cc2[nH]1. The van der Waals surface area contributed by atoms with Crippen LogP contribution in [-0.2, 0) is 6.18 Å². The molecular formula is C15H8Cl2F3N3. The molecule has 0 atom stereocenters. The van der Waals surface area contributed by atoms with Crippen LogP contribution in [0.3, 0.4) is 0 Å². The van der Waals surface area contributed by atoms with Crippen molar-refractivity contribution in [3.8, 4) is 0 Å². The van der Waals surface area contributed by atoms with Gasteiger partial charge in [0.2, 0.25) is 5.82 Å². The van der Waals surface area contributed by atoms with E-state index in [0.29, 0.717) is 21.3 Å². The molecule has 23 heavy (non-hydrogen) atoms. The number of fused-ring (bicyclic) bond motifs is 1. The molecule has 2 aromatic carbocycles. The number of rotatable bonds is 2. The Morgan fingerprint density at radius 3 is 2.57 bits per heavy atom. The molecule has 3 aromatic rings. The van der Waals surface area contributed by atoms with Gasteiger partial charge in [-0.05, 0) is 30.3 Å². The van der Waals surface area contributed by atoms with Gasteiger partial charge in [0.15, 0.2) is 0 Å². The fourth-order valence-electron chi connectivity index (χ4n) is 1.96. The Morgan fingerprint density at radius 2 is 1.87 bits per heavy atom. The molecule has 0 bridgehead atoms. The molecule has 0 fully saturated rings. The van der Waals surface area contributed by atoms with Crippen molar-refractivity contribution in [2.24, 2.45) is 4.99 Å². The van der Waals surface area contributed by atoms with Gasteiger partial charge < -0.3 is 4.98 Å². The first kappa shape index (κ1) is 15.8. The average Bonchev–Trinajstić information content (AvgIpc) is 2.89. The van der Waals surface area contributed by atoms with Crippen molar-refractivity contribution >= 4 is 46.1 Å². The zero-order valence-electron chi connectivity index (χ0n) is 11.3. The molecule has 0 saturated carbocycles. The van der Waals surface area contributed by atoms with Gasteiger partial charge >= 0.3 is 6.18 Å². The van der Waals surface area contributed by atoms with Gasteiger partial charge in [-0.2, -0.15) is 13.2 Å². The summed E-state index contributed by atoms with van der Waals surface area (Å²) >= 11 is 11.8. The van der Waals surface area contributed by atoms with E-state index in [4.69, 9.17) is 23.2 Å². The molecular weight excluding hydrogens is 350 g/mol. The second-order valence-electron chi connectivity index (χ2n) is 4.71. The zero-order valence-corrected chi connectivity index (χ0v) is 12.8. The van der Waals surface area contributed by atoms with Crippen LogP contribution in [0.15, 0.2) is 41.4 Å². The number of H-pyrrole nitrogens is 1. The van der Waals surface area contributed by atoms with E-state index >= 15 is 0 Å². The van der Waals surface area contributed by atoms with Crippen LogP contribution in [0.2, 0.25) is 10.0 Å². The van der Waals surface area contributed by atoms with Crippen LogP contribution >= 0.6 is 23.2 Å². The summed E-state index contributed by atoms with van der Waals surface area (Å²) in [6.45, 7) is 0. The summed E-state index contributed by atoms with van der Waals surface area (Å²) in [4.78, 5) is 9.95. The Hall–Kier alpha value is -2.05. The van der Waals surface area contributed by atoms with Crippen LogP contribution in [0.5, 0.6) is 0 Å². The zero-order chi connectivity index (χ0) is 16.6. The van der Waals surface area contributed by atoms with Crippen LogP contribution in [0, 0.1) is 0 Å². The Kier molecular flexibility index (Phi) is 4.04. The Labute approximate surface area is 138 Å². The van der Waals surface area contributed by atoms with Gasteiger partial charge in [0.1, 0.15) is 0 Å². The molecule has 0 aliphatic rings. The van der Waals surface area contributed by atoms with E-state index in [1.807, 2.05) is 0 Å². The van der Waals surface area contributed by atoms with Crippen molar-refractivity contribution < 1.29 is 13.2 Å². The first-order chi connectivity index (χ1) is 10.8. The number of nitrogens with one attached hydrogen (secondary N) is 1. The van der Waals surface area contributed by atoms with Gasteiger partial charge in [-0.1, -0.05) is 29.3 Å². The molecule has 1 aromatic heterocycles. The van der Waals surface area contributed by atoms with Crippen molar-refractivity contribution in [1.82, 2.24) is 9.97 Å². The maximum absolute atomic E-state index is 12.6. The number of aromatic amines is 1. The van der Waals surface area contributed by atoms with E-state index in [9.17, 15) is 13.2 Å². The standard InChI is InChI=1S/C15H8Cl2F3N3/c16-9-2-1-8(11(17)5-9)7-21-10-3-4-12-13(6-10)23-14(22-12)15(18,19)20/h1-7H,(H,22,23). The quantitative estimate of drug-likeness (QED) is 0.592. The second kappa shape index (κ2) is 5.86. The number of aromatic nitrogens is 2. The number of aliphatic imine (C=N–C) groups is 1. The summed E-state index contributed by atoms with van der Waals surface area (Å²) in [7, 11) is 0. The maximum atomic E-state index is 12.6. The molecule has 0 saturated heterocycles. The summed E-state index contributed by atoms with van der Waals surface area (Å²) in [5.74, 6) is -1.03. The summed E-state index contributed by atoms with van der Waals surface area (Å²) in [5, 5.41) is 0.939. The van der Waals surface area contributed by atoms with Gasteiger partial charge in [0.05, 0.1) is 21.7 Å². The van der Waals surface area contributed by atoms with Gasteiger partial charge in [-0.3, -0.25) is 4.99 Å². The molecule has 1 N–H and O–H groups in total. The van der Waals surface area contributed by atoms with Gasteiger partial charge in [-0.25, -0.2) is 4.98 Å². The Balaban J connectivity index is 1.92. The van der Waals surface area contributed by atoms with Crippen LogP contribution in [0.1, 0.15) is 11.4 Å². The number of benzene rings is 2. The van der Waals surface area contributed by atoms with Gasteiger partial charge in [0.25, 0.3) is 0 Å². The molecule has 8 heteroatoms. The number of imidazole rings is 1. The van der Waals surface area contributed by atoms with Crippen molar-refractivity contribution in [2.45, 2.75) is 6.18 Å². The third kappa shape index (κ3) is 3.48. The first-order valence-electron chi connectivity index (χ1n) is 6.39. The fraction of sp³-hybridized carbons (Fsp3) is 0.0667. The average molecular weight is 358 g/mol. The predicted molar refractivity (Wildman–Crippen MR) is 84.8 cm³/mol. The minimum atomic E-state index is -4.51. The van der Waals surface area contributed by atoms with Crippen LogP contribution < -0.4 is 0 Å². The molecule has 1 heterocycles. The van der Waals surface area contributed by atoms with E-state index in [-0.39, 0.29) is 11.0 Å². The van der Waals surface area contributed by atoms with Crippen molar-refractivity contribution in [2.75, 3.05) is 0 Å². The summed E-state index contributed by atoms with van der Waals surface area (Å²) in [6.07, 6.45) is -3.00. The number of nitrogens with zero attached hydrogens (tertiary/aromatic N) is 2. The van der Waals surface area contributed by atoms with Crippen LogP contribution in [-0.4, -0.2) is 16.2 Å². The van der Waals surface area contributed by atoms with Gasteiger partial charge in [-0.15, -0.1) is 0 Å². The van der Waals surface area contributed by atoms with Crippen molar-refractivity contribution in [3.63, 3.8) is 0 Å². The lowest BCUT2D eigenvalue weighted by Gasteiger charge is -1.99. The first-order valence-corrected chi connectivity index (χ1v) is 7.14. The highest BCUT2D eigenvalue weighted by Crippen LogP contribution is 2.29. The molecule has 118 valence electrons. The highest BCUT2D eigenvalue weighted by atomic mass is 35.5. The molecule has 0 spiro atoms. The van der Waals surface area contributed by atoms with Gasteiger partial charge in [0, 0.05) is 16.8 Å². The van der Waals surface area contributed by atoms with E-state index in [1.54, 1.807) is 24.3 Å². The molecule has 3 nitrogen and oxygen atoms in total. The molecule has 0 radical (unpaired) electrons. The molecule has 0 aliphatic heterocycles. The van der Waals surface area contributed by atoms with Crippen LogP contribution in [0.4, 0.5) is 18.9 Å². The smallest absolute Gasteiger partial charge is 0.334 e. The van der Waals surface area contributed by atoms with Crippen LogP contribution in [0.25, 0.3) is 11.0 Å². The second-order valence-corrected chi connectivity index (χ2v) is 5.55. The summed E-state index contributed by atoms with van der Waals surface area (Å²) in [6, 6.07) is 9.48. The summed E-state index contributed by atoms with van der Waals surface area (Å²) < 4.78 is 37.9. The van der Waals surface area contributed by atoms with E-state index in [0.717, 1.165) is 0 Å². The number of hydrogen-bond donors (Lipinski definition) is 1. The number of halogens is 5. The lowest BCUT2D eigenvalue weighted by atomic mass is 10.2. The maximum Gasteiger partial charge on any atom is 0.449 e. The monoisotopic (exact) mass is 357 g/mol. The molecule has 0 unspecified atom stereocenters. The lowest BCUT2D eigenvalue weighted by molar-refractivity contribution is -0.144. The minimum absolute atomic E-state index is 0.223. The highest BCUT2D eigenvalue weighted by Gasteiger charge is 2.34. The highest BCUT2D eigenvalue weighted by molar-refractivity contribution is 6.36. The van der Waals surface area contributed by atoms with E-state index in [2.05, 4.69) is 15.0 Å². The lowest BCUT2D eigenvalue weighted by Crippen LogP contribution is -2.06. The van der Waals surface area contributed by atoms with E-state index in [1.165, 1.54) is 18.3 Å². The third-order valence-corrected chi connectivity index (χ3v) is 3.61.